The first-order chi connectivity index (χ1) is 22.1. The van der Waals surface area contributed by atoms with Crippen molar-refractivity contribution < 1.29 is 37.2 Å². The topological polar surface area (TPSA) is 127 Å². The van der Waals surface area contributed by atoms with Crippen LogP contribution in [-0.2, 0) is 33.5 Å². The number of methoxy groups -OCH3 is 1. The molecule has 3 aliphatic heterocycles. The summed E-state index contributed by atoms with van der Waals surface area (Å²) in [6.45, 7) is 15.6. The largest absolute Gasteiger partial charge is 0.392 e. The zero-order valence-electron chi connectivity index (χ0n) is 27.4. The molecule has 0 aliphatic carbocycles. The Morgan fingerprint density at radius 3 is 2.54 bits per heavy atom. The number of rotatable bonds is 17. The molecule has 0 bridgehead atoms. The maximum Gasteiger partial charge on any atom is 0.178 e. The van der Waals surface area contributed by atoms with Crippen LogP contribution in [0, 0.1) is 11.8 Å². The molecule has 0 amide bonds. The molecule has 3 aliphatic rings. The van der Waals surface area contributed by atoms with Gasteiger partial charge in [-0.25, -0.2) is 8.42 Å². The Balaban J connectivity index is 1.42. The first-order valence-electron chi connectivity index (χ1n) is 16.4. The smallest absolute Gasteiger partial charge is 0.178 e. The molecule has 0 aromatic heterocycles. The number of ether oxygens (including phenoxy) is 5. The molecule has 1 aromatic rings. The predicted molar refractivity (Wildman–Crippen MR) is 179 cm³/mol. The van der Waals surface area contributed by atoms with E-state index in [1.165, 1.54) is 0 Å². The summed E-state index contributed by atoms with van der Waals surface area (Å²) in [5.74, 6) is -0.395. The third-order valence-electron chi connectivity index (χ3n) is 9.45. The molecular weight excluding hydrogens is 606 g/mol. The number of hydrogen-bond acceptors (Lipinski definition) is 9. The average Bonchev–Trinajstić information content (AvgIpc) is 3.55. The first kappa shape index (κ1) is 36.7. The van der Waals surface area contributed by atoms with Crippen LogP contribution in [0.2, 0.25) is 0 Å². The van der Waals surface area contributed by atoms with Gasteiger partial charge in [-0.3, -0.25) is 0 Å². The summed E-state index contributed by atoms with van der Waals surface area (Å²) in [5, 5.41) is 10.4. The molecule has 1 aromatic carbocycles. The Kier molecular flexibility index (Phi) is 13.8. The number of benzene rings is 1. The van der Waals surface area contributed by atoms with Crippen molar-refractivity contribution in [1.82, 2.24) is 0 Å². The predicted octanol–water partition coefficient (Wildman–Crippen LogP) is 4.56. The highest BCUT2D eigenvalue weighted by Gasteiger charge is 2.48. The third kappa shape index (κ3) is 9.70. The summed E-state index contributed by atoms with van der Waals surface area (Å²) >= 11 is 0. The van der Waals surface area contributed by atoms with Crippen LogP contribution >= 0.6 is 0 Å². The quantitative estimate of drug-likeness (QED) is 0.183. The van der Waals surface area contributed by atoms with Gasteiger partial charge < -0.3 is 34.5 Å². The highest BCUT2D eigenvalue weighted by Crippen LogP contribution is 2.41. The summed E-state index contributed by atoms with van der Waals surface area (Å²) < 4.78 is 57.8. The van der Waals surface area contributed by atoms with E-state index in [1.54, 1.807) is 43.5 Å². The van der Waals surface area contributed by atoms with Crippen LogP contribution < -0.4 is 5.73 Å². The molecule has 10 heteroatoms. The van der Waals surface area contributed by atoms with Gasteiger partial charge >= 0.3 is 0 Å². The van der Waals surface area contributed by atoms with Crippen molar-refractivity contribution in [1.29, 1.82) is 0 Å². The van der Waals surface area contributed by atoms with Crippen molar-refractivity contribution in [3.8, 4) is 0 Å². The van der Waals surface area contributed by atoms with Crippen LogP contribution in [0.5, 0.6) is 0 Å². The van der Waals surface area contributed by atoms with Crippen molar-refractivity contribution in [3.05, 3.63) is 79.4 Å². The summed E-state index contributed by atoms with van der Waals surface area (Å²) in [6.07, 6.45) is 7.02. The van der Waals surface area contributed by atoms with Gasteiger partial charge in [-0.05, 0) is 48.5 Å². The van der Waals surface area contributed by atoms with Gasteiger partial charge in [-0.15, -0.1) is 6.58 Å². The van der Waals surface area contributed by atoms with E-state index < -0.39 is 40.2 Å². The molecule has 3 N–H and O–H groups in total. The molecule has 0 spiro atoms. The van der Waals surface area contributed by atoms with Crippen molar-refractivity contribution in [2.45, 2.75) is 99.2 Å². The molecule has 4 rings (SSSR count). The molecule has 2 unspecified atom stereocenters. The minimum Gasteiger partial charge on any atom is -0.392 e. The van der Waals surface area contributed by atoms with E-state index in [-0.39, 0.29) is 53.9 Å². The van der Waals surface area contributed by atoms with Gasteiger partial charge in [0.15, 0.2) is 9.84 Å². The lowest BCUT2D eigenvalue weighted by Crippen LogP contribution is -2.40. The summed E-state index contributed by atoms with van der Waals surface area (Å²) in [4.78, 5) is 0.260. The second kappa shape index (κ2) is 17.3. The van der Waals surface area contributed by atoms with Crippen LogP contribution in [0.25, 0.3) is 0 Å². The number of sulfone groups is 1. The van der Waals surface area contributed by atoms with Crippen LogP contribution in [0.4, 0.5) is 0 Å². The molecule has 9 nitrogen and oxygen atoms in total. The van der Waals surface area contributed by atoms with Gasteiger partial charge in [0, 0.05) is 38.8 Å². The van der Waals surface area contributed by atoms with Gasteiger partial charge in [0.25, 0.3) is 0 Å². The van der Waals surface area contributed by atoms with Crippen LogP contribution in [0.1, 0.15) is 45.4 Å². The van der Waals surface area contributed by atoms with Crippen LogP contribution in [-0.4, -0.2) is 95.0 Å². The lowest BCUT2D eigenvalue weighted by Gasteiger charge is -2.38. The van der Waals surface area contributed by atoms with Crippen molar-refractivity contribution in [2.24, 2.45) is 17.6 Å². The molecular formula is C36H53NO8S. The second-order valence-electron chi connectivity index (χ2n) is 12.8. The fraction of sp³-hybridized carbons (Fsp3) is 0.611. The van der Waals surface area contributed by atoms with Gasteiger partial charge in [0.05, 0.1) is 72.7 Å². The Labute approximate surface area is 275 Å². The normalized spacial score (nSPS) is 32.7. The lowest BCUT2D eigenvalue weighted by atomic mass is 9.83. The number of aliphatic hydroxyl groups excluding tert-OH is 1. The Morgan fingerprint density at radius 2 is 1.85 bits per heavy atom. The van der Waals surface area contributed by atoms with Crippen LogP contribution in [0.3, 0.4) is 0 Å². The van der Waals surface area contributed by atoms with E-state index in [2.05, 4.69) is 26.7 Å². The standard InChI is InChI=1S/C36H53NO8S/c1-6-16-42-17-10-11-28-19-25(3)32(43-28)15-14-29-18-24(2)26(4)33(44-29)21-34-31(23-46(39,40)30-12-8-7-9-13-30)36(41-5)35(45-34)20-27(38)22-37/h6-13,24,27-29,31-36,38H,1,3-4,14-23,37H2,2,5H3/b11-10+/t24-,27+,28+,29+,31+,32?,33-,34?,35-,36-/m1/s1. The fourth-order valence-corrected chi connectivity index (χ4v) is 8.59. The maximum absolute atomic E-state index is 13.5. The van der Waals surface area contributed by atoms with E-state index in [4.69, 9.17) is 29.4 Å². The highest BCUT2D eigenvalue weighted by atomic mass is 32.2. The fourth-order valence-electron chi connectivity index (χ4n) is 6.92. The van der Waals surface area contributed by atoms with E-state index in [0.717, 1.165) is 36.8 Å². The Hall–Kier alpha value is -2.15. The monoisotopic (exact) mass is 659 g/mol. The Bertz CT molecular complexity index is 1280. The number of hydrogen-bond donors (Lipinski definition) is 2. The molecule has 256 valence electrons. The van der Waals surface area contributed by atoms with Crippen molar-refractivity contribution >= 4 is 9.84 Å². The lowest BCUT2D eigenvalue weighted by molar-refractivity contribution is -0.0766. The molecule has 10 atom stereocenters. The minimum atomic E-state index is -3.64. The average molecular weight is 660 g/mol. The van der Waals surface area contributed by atoms with Gasteiger partial charge in [0.1, 0.15) is 0 Å². The second-order valence-corrected chi connectivity index (χ2v) is 14.9. The van der Waals surface area contributed by atoms with Gasteiger partial charge in [0.2, 0.25) is 0 Å². The maximum atomic E-state index is 13.5. The Morgan fingerprint density at radius 1 is 1.09 bits per heavy atom. The first-order valence-corrected chi connectivity index (χ1v) is 18.1. The van der Waals surface area contributed by atoms with Crippen LogP contribution in [0.15, 0.2) is 84.3 Å². The highest BCUT2D eigenvalue weighted by molar-refractivity contribution is 7.91. The van der Waals surface area contributed by atoms with Gasteiger partial charge in [-0.2, -0.15) is 0 Å². The SMILES string of the molecule is C=CCOC/C=C/[C@H]1CC(=C)C(CC[C@H]2C[C@@H](C)C(=C)[C@@H](CC3O[C@H](C[C@H](O)CN)[C@H](OC)[C@H]3CS(=O)(=O)c3ccccc3)O2)O1. The molecule has 3 fully saturated rings. The van der Waals surface area contributed by atoms with E-state index in [1.807, 2.05) is 12.2 Å². The number of nitrogens with two attached hydrogens (primary N) is 1. The minimum absolute atomic E-state index is 0.00775. The van der Waals surface area contributed by atoms with E-state index in [0.29, 0.717) is 19.6 Å². The summed E-state index contributed by atoms with van der Waals surface area (Å²) in [6, 6.07) is 8.44. The van der Waals surface area contributed by atoms with Crippen molar-refractivity contribution in [3.63, 3.8) is 0 Å². The zero-order valence-corrected chi connectivity index (χ0v) is 28.2. The van der Waals surface area contributed by atoms with E-state index >= 15 is 0 Å². The molecule has 3 heterocycles. The van der Waals surface area contributed by atoms with Crippen molar-refractivity contribution in [2.75, 3.05) is 32.6 Å². The van der Waals surface area contributed by atoms with Gasteiger partial charge in [-0.1, -0.05) is 56.5 Å². The molecule has 3 saturated heterocycles. The third-order valence-corrected chi connectivity index (χ3v) is 11.3. The zero-order chi connectivity index (χ0) is 33.3. The molecule has 46 heavy (non-hydrogen) atoms. The molecule has 0 radical (unpaired) electrons. The summed E-state index contributed by atoms with van der Waals surface area (Å²) in [7, 11) is -2.08. The number of aliphatic hydroxyl groups is 1. The summed E-state index contributed by atoms with van der Waals surface area (Å²) in [5.41, 5.74) is 7.78. The van der Waals surface area contributed by atoms with E-state index in [9.17, 15) is 13.5 Å². The molecule has 0 saturated carbocycles.